The summed E-state index contributed by atoms with van der Waals surface area (Å²) in [7, 11) is 0. The van der Waals surface area contributed by atoms with Gasteiger partial charge in [-0.1, -0.05) is 17.5 Å². The van der Waals surface area contributed by atoms with Gasteiger partial charge in [-0.3, -0.25) is 23.7 Å². The van der Waals surface area contributed by atoms with Gasteiger partial charge in [-0.2, -0.15) is 9.67 Å². The minimum absolute atomic E-state index is 0.0340. The van der Waals surface area contributed by atoms with Crippen LogP contribution in [0.5, 0.6) is 0 Å². The minimum Gasteiger partial charge on any atom is -0.394 e. The first-order valence-electron chi connectivity index (χ1n) is 12.5. The fourth-order valence-corrected chi connectivity index (χ4v) is 6.36. The molecule has 4 aromatic heterocycles. The molecule has 4 aromatic rings. The number of fused-ring (bicyclic) bond motifs is 2. The highest BCUT2D eigenvalue weighted by Gasteiger charge is 2.51. The number of aliphatic hydroxyl groups excluding tert-OH is 2. The van der Waals surface area contributed by atoms with E-state index in [0.29, 0.717) is 0 Å². The number of rotatable bonds is 9. The number of halogens is 2. The van der Waals surface area contributed by atoms with Gasteiger partial charge in [0.1, 0.15) is 18.3 Å². The van der Waals surface area contributed by atoms with Gasteiger partial charge in [-0.25, -0.2) is 23.3 Å². The summed E-state index contributed by atoms with van der Waals surface area (Å²) in [6.45, 7) is -5.65. The SMILES string of the molecule is Nc1nc2c(nnn2[C@@H]2O[C@H](CO)[C@@H](F)[C@H]2OP(=O)(S)OCC[C@H]2O[C@@H](n3cnc4c(=O)[nH]cnc43)[C@@H](F)[C@@H]2O)c(=O)[nH]1. The number of hydrogen-bond donors (Lipinski definition) is 6. The molecule has 0 aliphatic carbocycles. The number of ether oxygens (including phenoxy) is 2. The van der Waals surface area contributed by atoms with E-state index >= 15 is 8.78 Å². The normalized spacial score (nSPS) is 30.8. The van der Waals surface area contributed by atoms with E-state index in [9.17, 15) is 24.4 Å². The van der Waals surface area contributed by atoms with Crippen LogP contribution in [0.25, 0.3) is 22.3 Å². The highest BCUT2D eigenvalue weighted by atomic mass is 32.7. The first-order chi connectivity index (χ1) is 20.5. The fraction of sp³-hybridized carbons (Fsp3) is 0.550. The van der Waals surface area contributed by atoms with Crippen molar-refractivity contribution in [2.45, 2.75) is 55.6 Å². The van der Waals surface area contributed by atoms with Crippen LogP contribution in [0.3, 0.4) is 0 Å². The number of thiol groups is 1. The number of hydrogen-bond acceptors (Lipinski definition) is 15. The number of imidazole rings is 1. The number of H-pyrrole nitrogens is 2. The van der Waals surface area contributed by atoms with E-state index in [1.165, 1.54) is 0 Å². The van der Waals surface area contributed by atoms with Crippen LogP contribution in [0.4, 0.5) is 14.7 Å². The van der Waals surface area contributed by atoms with Crippen LogP contribution in [-0.2, 0) is 23.1 Å². The van der Waals surface area contributed by atoms with Crippen molar-refractivity contribution in [3.05, 3.63) is 33.4 Å². The molecule has 6 N–H and O–H groups in total. The van der Waals surface area contributed by atoms with Gasteiger partial charge in [-0.15, -0.1) is 5.10 Å². The molecule has 6 heterocycles. The number of aromatic amines is 2. The number of nitrogens with two attached hydrogens (primary N) is 1. The van der Waals surface area contributed by atoms with Crippen molar-refractivity contribution < 1.29 is 42.1 Å². The Morgan fingerprint density at radius 2 is 1.88 bits per heavy atom. The number of aromatic nitrogens is 9. The fourth-order valence-electron chi connectivity index (χ4n) is 4.86. The first-order valence-corrected chi connectivity index (χ1v) is 15.2. The second-order valence-corrected chi connectivity index (χ2v) is 12.4. The van der Waals surface area contributed by atoms with Crippen LogP contribution in [0.2, 0.25) is 0 Å². The van der Waals surface area contributed by atoms with E-state index in [2.05, 4.69) is 47.5 Å². The predicted octanol–water partition coefficient (Wildman–Crippen LogP) is -1.12. The Hall–Kier alpha value is -3.37. The van der Waals surface area contributed by atoms with Crippen LogP contribution in [0.15, 0.2) is 22.2 Å². The van der Waals surface area contributed by atoms with Crippen molar-refractivity contribution in [1.82, 2.24) is 44.5 Å². The summed E-state index contributed by atoms with van der Waals surface area (Å²) in [5.74, 6) is -0.296. The van der Waals surface area contributed by atoms with Gasteiger partial charge in [0, 0.05) is 6.42 Å². The van der Waals surface area contributed by atoms with E-state index in [1.807, 2.05) is 0 Å². The van der Waals surface area contributed by atoms with E-state index < -0.39 is 80.3 Å². The minimum atomic E-state index is -4.40. The van der Waals surface area contributed by atoms with Crippen LogP contribution in [0, 0.1) is 0 Å². The monoisotopic (exact) mass is 648 g/mol. The number of nitrogens with zero attached hydrogens (tertiary/aromatic N) is 7. The molecule has 0 radical (unpaired) electrons. The van der Waals surface area contributed by atoms with Crippen LogP contribution < -0.4 is 16.9 Å². The van der Waals surface area contributed by atoms with Crippen molar-refractivity contribution in [3.63, 3.8) is 0 Å². The van der Waals surface area contributed by atoms with E-state index in [-0.39, 0.29) is 34.7 Å². The predicted molar refractivity (Wildman–Crippen MR) is 141 cm³/mol. The lowest BCUT2D eigenvalue weighted by Gasteiger charge is -2.23. The van der Waals surface area contributed by atoms with Crippen molar-refractivity contribution in [1.29, 1.82) is 0 Å². The number of aliphatic hydroxyl groups is 2. The molecule has 2 saturated heterocycles. The molecule has 23 heteroatoms. The molecule has 2 fully saturated rings. The average Bonchev–Trinajstić information content (AvgIpc) is 3.71. The van der Waals surface area contributed by atoms with Gasteiger partial charge in [0.25, 0.3) is 11.1 Å². The Labute approximate surface area is 242 Å². The van der Waals surface area contributed by atoms with Gasteiger partial charge < -0.3 is 34.9 Å². The third-order valence-corrected chi connectivity index (χ3v) is 8.53. The number of alkyl halides is 2. The van der Waals surface area contributed by atoms with E-state index in [4.69, 9.17) is 24.3 Å². The molecule has 0 spiro atoms. The molecule has 9 atom stereocenters. The largest absolute Gasteiger partial charge is 0.394 e. The maximum Gasteiger partial charge on any atom is 0.386 e. The lowest BCUT2D eigenvalue weighted by Crippen LogP contribution is -2.32. The zero-order valence-corrected chi connectivity index (χ0v) is 23.3. The number of nitrogen functional groups attached to an aromatic ring is 1. The van der Waals surface area contributed by atoms with Crippen molar-refractivity contribution >= 4 is 47.3 Å². The van der Waals surface area contributed by atoms with Gasteiger partial charge in [-0.05, 0) is 0 Å². The molecule has 19 nitrogen and oxygen atoms in total. The Morgan fingerprint density at radius 1 is 1.12 bits per heavy atom. The molecule has 232 valence electrons. The lowest BCUT2D eigenvalue weighted by atomic mass is 10.1. The average molecular weight is 649 g/mol. The summed E-state index contributed by atoms with van der Waals surface area (Å²) in [6, 6.07) is 0. The zero-order chi connectivity index (χ0) is 30.6. The molecule has 2 aliphatic rings. The first kappa shape index (κ1) is 29.7. The summed E-state index contributed by atoms with van der Waals surface area (Å²) < 4.78 is 67.1. The zero-order valence-electron chi connectivity index (χ0n) is 21.5. The quantitative estimate of drug-likeness (QED) is 0.0928. The second-order valence-electron chi connectivity index (χ2n) is 9.57. The summed E-state index contributed by atoms with van der Waals surface area (Å²) in [4.78, 5) is 40.4. The molecule has 0 saturated carbocycles. The standard InChI is InChI=1S/C20H23F2N10O9PS/c21-8-7(3-33)40-19(32-15-11(29-30-32)17(36)28-20(23)27-15)13(8)41-42(37,43)38-2-1-6-12(34)9(22)18(39-6)31-5-26-10-14(31)24-4-25-16(10)35/h4-9,12-13,18-19,33-34H,1-3H2,(H,37,43)(H,24,25,35)(H3,23,27,28,36)/t6-,7-,8-,9+,12-,13-,18-,19-,42?/m1/s1. The summed E-state index contributed by atoms with van der Waals surface area (Å²) in [5.41, 5.74) is 3.83. The second kappa shape index (κ2) is 11.3. The molecular formula is C20H23F2N10O9PS. The Bertz CT molecular complexity index is 1820. The molecule has 1 unspecified atom stereocenters. The molecule has 6 rings (SSSR count). The van der Waals surface area contributed by atoms with Crippen LogP contribution in [0.1, 0.15) is 18.9 Å². The van der Waals surface area contributed by atoms with Crippen molar-refractivity contribution in [3.8, 4) is 0 Å². The number of nitrogens with one attached hydrogen (secondary N) is 2. The highest BCUT2D eigenvalue weighted by Crippen LogP contribution is 2.57. The molecular weight excluding hydrogens is 625 g/mol. The molecule has 0 amide bonds. The topological polar surface area (TPSA) is 260 Å². The van der Waals surface area contributed by atoms with Crippen LogP contribution in [-0.4, -0.2) is 105 Å². The highest BCUT2D eigenvalue weighted by molar-refractivity contribution is 8.44. The third-order valence-electron chi connectivity index (χ3n) is 6.88. The maximum atomic E-state index is 15.2. The third kappa shape index (κ3) is 5.33. The lowest BCUT2D eigenvalue weighted by molar-refractivity contribution is -0.0540. The number of anilines is 1. The summed E-state index contributed by atoms with van der Waals surface area (Å²) in [5, 5.41) is 27.4. The smallest absolute Gasteiger partial charge is 0.386 e. The Kier molecular flexibility index (Phi) is 7.79. The van der Waals surface area contributed by atoms with E-state index in [0.717, 1.165) is 21.9 Å². The molecule has 0 bridgehead atoms. The van der Waals surface area contributed by atoms with E-state index in [1.54, 1.807) is 0 Å². The maximum absolute atomic E-state index is 15.2. The molecule has 0 aromatic carbocycles. The van der Waals surface area contributed by atoms with Gasteiger partial charge in [0.2, 0.25) is 5.95 Å². The van der Waals surface area contributed by atoms with Gasteiger partial charge in [0.15, 0.2) is 47.1 Å². The Balaban J connectivity index is 1.14. The Morgan fingerprint density at radius 3 is 2.65 bits per heavy atom. The van der Waals surface area contributed by atoms with Crippen molar-refractivity contribution in [2.75, 3.05) is 18.9 Å². The molecule has 43 heavy (non-hydrogen) atoms. The van der Waals surface area contributed by atoms with Gasteiger partial charge >= 0.3 is 6.80 Å². The summed E-state index contributed by atoms with van der Waals surface area (Å²) in [6.07, 6.45) is -10.9. The van der Waals surface area contributed by atoms with Crippen LogP contribution >= 0.6 is 19.0 Å². The molecule has 2 aliphatic heterocycles. The van der Waals surface area contributed by atoms with Gasteiger partial charge in [0.05, 0.1) is 32.0 Å². The van der Waals surface area contributed by atoms with Crippen molar-refractivity contribution in [2.24, 2.45) is 0 Å². The summed E-state index contributed by atoms with van der Waals surface area (Å²) >= 11 is 3.90.